The molecule has 2 nitrogen and oxygen atoms in total. The van der Waals surface area contributed by atoms with Gasteiger partial charge in [0.1, 0.15) is 5.76 Å². The maximum Gasteiger partial charge on any atom is 0.197 e. The van der Waals surface area contributed by atoms with Crippen molar-refractivity contribution >= 4 is 17.1 Å². The first-order valence-corrected chi connectivity index (χ1v) is 5.40. The lowest BCUT2D eigenvalue weighted by Crippen LogP contribution is -2.00. The minimum atomic E-state index is 0.0526. The Morgan fingerprint density at radius 1 is 1.50 bits per heavy atom. The number of hydrogen-bond acceptors (Lipinski definition) is 3. The third-order valence-corrected chi connectivity index (χ3v) is 2.78. The molecule has 0 saturated carbocycles. The summed E-state index contributed by atoms with van der Waals surface area (Å²) >= 11 is 1.53. The highest BCUT2D eigenvalue weighted by Crippen LogP contribution is 2.17. The third kappa shape index (κ3) is 1.51. The summed E-state index contributed by atoms with van der Waals surface area (Å²) in [4.78, 5) is 11.9. The van der Waals surface area contributed by atoms with Crippen LogP contribution in [0, 0.1) is 0 Å². The lowest BCUT2D eigenvalue weighted by molar-refractivity contribution is 0.103. The predicted octanol–water partition coefficient (Wildman–Crippen LogP) is 3.13. The van der Waals surface area contributed by atoms with Gasteiger partial charge in [0.15, 0.2) is 5.78 Å². The van der Waals surface area contributed by atoms with Crippen molar-refractivity contribution in [1.82, 2.24) is 0 Å². The molecular weight excluding hydrogens is 196 g/mol. The Bertz CT molecular complexity index is 426. The first kappa shape index (κ1) is 9.21. The first-order chi connectivity index (χ1) is 6.83. The summed E-state index contributed by atoms with van der Waals surface area (Å²) < 4.78 is 5.22. The van der Waals surface area contributed by atoms with E-state index in [-0.39, 0.29) is 5.78 Å². The van der Waals surface area contributed by atoms with Gasteiger partial charge in [0, 0.05) is 17.4 Å². The highest BCUT2D eigenvalue weighted by atomic mass is 32.1. The molecule has 0 atom stereocenters. The molecule has 0 radical (unpaired) electrons. The van der Waals surface area contributed by atoms with Crippen LogP contribution in [0.25, 0.3) is 0 Å². The van der Waals surface area contributed by atoms with Crippen molar-refractivity contribution in [3.05, 3.63) is 46.0 Å². The number of hydrogen-bond donors (Lipinski definition) is 0. The second-order valence-electron chi connectivity index (χ2n) is 2.95. The number of carbonyl (C=O) groups is 1. The van der Waals surface area contributed by atoms with Gasteiger partial charge in [0.2, 0.25) is 0 Å². The summed E-state index contributed by atoms with van der Waals surface area (Å²) in [6, 6.07) is 3.57. The summed E-state index contributed by atoms with van der Waals surface area (Å²) in [6.45, 7) is 1.98. The molecule has 2 aromatic heterocycles. The summed E-state index contributed by atoms with van der Waals surface area (Å²) in [5.41, 5.74) is 1.43. The van der Waals surface area contributed by atoms with Crippen LogP contribution >= 0.6 is 11.3 Å². The van der Waals surface area contributed by atoms with E-state index in [1.54, 1.807) is 12.3 Å². The lowest BCUT2D eigenvalue weighted by atomic mass is 10.1. The van der Waals surface area contributed by atoms with Gasteiger partial charge in [-0.1, -0.05) is 6.92 Å². The summed E-state index contributed by atoms with van der Waals surface area (Å²) in [5, 5.41) is 3.76. The Kier molecular flexibility index (Phi) is 2.50. The summed E-state index contributed by atoms with van der Waals surface area (Å²) in [6.07, 6.45) is 2.32. The number of carbonyl (C=O) groups excluding carboxylic acids is 1. The molecule has 0 aliphatic heterocycles. The first-order valence-electron chi connectivity index (χ1n) is 4.46. The maximum atomic E-state index is 11.9. The molecular formula is C11H10O2S. The van der Waals surface area contributed by atoms with E-state index in [2.05, 4.69) is 0 Å². The van der Waals surface area contributed by atoms with Crippen LogP contribution in [-0.4, -0.2) is 5.78 Å². The van der Waals surface area contributed by atoms with Gasteiger partial charge in [-0.05, 0) is 17.5 Å². The van der Waals surface area contributed by atoms with Crippen LogP contribution in [0.1, 0.15) is 28.6 Å². The van der Waals surface area contributed by atoms with Crippen molar-refractivity contribution in [2.24, 2.45) is 0 Å². The zero-order chi connectivity index (χ0) is 9.97. The van der Waals surface area contributed by atoms with Crippen molar-refractivity contribution in [3.63, 3.8) is 0 Å². The Hall–Kier alpha value is -1.35. The molecule has 0 N–H and O–H groups in total. The molecule has 0 aliphatic carbocycles. The Balaban J connectivity index is 2.36. The van der Waals surface area contributed by atoms with Gasteiger partial charge in [-0.3, -0.25) is 4.79 Å². The maximum absolute atomic E-state index is 11.9. The summed E-state index contributed by atoms with van der Waals surface area (Å²) in [5.74, 6) is 0.818. The molecule has 0 bridgehead atoms. The van der Waals surface area contributed by atoms with Crippen molar-refractivity contribution in [2.45, 2.75) is 13.3 Å². The van der Waals surface area contributed by atoms with Gasteiger partial charge in [-0.2, -0.15) is 11.3 Å². The van der Waals surface area contributed by atoms with E-state index in [0.717, 1.165) is 17.7 Å². The number of thiophene rings is 1. The summed E-state index contributed by atoms with van der Waals surface area (Å²) in [7, 11) is 0. The quantitative estimate of drug-likeness (QED) is 0.722. The van der Waals surface area contributed by atoms with Crippen molar-refractivity contribution in [1.29, 1.82) is 0 Å². The van der Waals surface area contributed by atoms with Crippen LogP contribution < -0.4 is 0 Å². The second-order valence-corrected chi connectivity index (χ2v) is 3.73. The highest BCUT2D eigenvalue weighted by Gasteiger charge is 2.15. The average molecular weight is 206 g/mol. The third-order valence-electron chi connectivity index (χ3n) is 2.09. The van der Waals surface area contributed by atoms with Gasteiger partial charge >= 0.3 is 0 Å². The molecule has 2 rings (SSSR count). The van der Waals surface area contributed by atoms with Gasteiger partial charge in [0.25, 0.3) is 0 Å². The fraction of sp³-hybridized carbons (Fsp3) is 0.182. The molecule has 14 heavy (non-hydrogen) atoms. The van der Waals surface area contributed by atoms with Crippen LogP contribution in [0.4, 0.5) is 0 Å². The Morgan fingerprint density at radius 3 is 3.00 bits per heavy atom. The Morgan fingerprint density at radius 2 is 2.36 bits per heavy atom. The average Bonchev–Trinajstić information content (AvgIpc) is 2.87. The molecule has 0 spiro atoms. The standard InChI is InChI=1S/C11H10O2S/c1-2-10-9(3-5-13-10)11(12)8-4-6-14-7-8/h3-7H,2H2,1H3. The molecule has 3 heteroatoms. The van der Waals surface area contributed by atoms with Gasteiger partial charge in [-0.15, -0.1) is 0 Å². The van der Waals surface area contributed by atoms with Gasteiger partial charge in [-0.25, -0.2) is 0 Å². The highest BCUT2D eigenvalue weighted by molar-refractivity contribution is 7.08. The molecule has 72 valence electrons. The van der Waals surface area contributed by atoms with Crippen LogP contribution in [0.3, 0.4) is 0 Å². The number of aryl methyl sites for hydroxylation is 1. The van der Waals surface area contributed by atoms with E-state index in [4.69, 9.17) is 4.42 Å². The second kappa shape index (κ2) is 3.80. The molecule has 0 amide bonds. The molecule has 0 saturated heterocycles. The number of furan rings is 1. The molecule has 0 aliphatic rings. The monoisotopic (exact) mass is 206 g/mol. The van der Waals surface area contributed by atoms with Crippen LogP contribution in [0.15, 0.2) is 33.6 Å². The normalized spacial score (nSPS) is 10.4. The van der Waals surface area contributed by atoms with Gasteiger partial charge < -0.3 is 4.42 Å². The molecule has 0 fully saturated rings. The molecule has 0 aromatic carbocycles. The zero-order valence-corrected chi connectivity index (χ0v) is 8.64. The van der Waals surface area contributed by atoms with E-state index in [1.807, 2.05) is 23.8 Å². The van der Waals surface area contributed by atoms with Crippen molar-refractivity contribution < 1.29 is 9.21 Å². The van der Waals surface area contributed by atoms with Crippen molar-refractivity contribution in [2.75, 3.05) is 0 Å². The van der Waals surface area contributed by atoms with Crippen LogP contribution in [0.5, 0.6) is 0 Å². The fourth-order valence-electron chi connectivity index (χ4n) is 1.37. The molecule has 2 heterocycles. The Labute approximate surface area is 86.2 Å². The fourth-order valence-corrected chi connectivity index (χ4v) is 2.00. The lowest BCUT2D eigenvalue weighted by Gasteiger charge is -1.96. The zero-order valence-electron chi connectivity index (χ0n) is 7.82. The van der Waals surface area contributed by atoms with E-state index >= 15 is 0 Å². The largest absolute Gasteiger partial charge is 0.469 e. The topological polar surface area (TPSA) is 30.2 Å². The van der Waals surface area contributed by atoms with E-state index in [1.165, 1.54) is 11.3 Å². The predicted molar refractivity (Wildman–Crippen MR) is 55.8 cm³/mol. The van der Waals surface area contributed by atoms with Gasteiger partial charge in [0.05, 0.1) is 11.8 Å². The molecule has 2 aromatic rings. The van der Waals surface area contributed by atoms with Crippen molar-refractivity contribution in [3.8, 4) is 0 Å². The van der Waals surface area contributed by atoms with Crippen LogP contribution in [-0.2, 0) is 6.42 Å². The van der Waals surface area contributed by atoms with E-state index < -0.39 is 0 Å². The number of rotatable bonds is 3. The minimum Gasteiger partial charge on any atom is -0.469 e. The smallest absolute Gasteiger partial charge is 0.197 e. The number of ketones is 1. The van der Waals surface area contributed by atoms with Crippen LogP contribution in [0.2, 0.25) is 0 Å². The van der Waals surface area contributed by atoms with E-state index in [0.29, 0.717) is 5.56 Å². The molecule has 0 unspecified atom stereocenters. The van der Waals surface area contributed by atoms with E-state index in [9.17, 15) is 4.79 Å². The SMILES string of the molecule is CCc1occc1C(=O)c1ccsc1. The minimum absolute atomic E-state index is 0.0526.